The standard InChI is InChI=1S/C33H49N3O7/c1-23(2)33(25-12-14-28(41-7)30(20-25)43-9,22-34-21-26(37)31(38)32(3,4)35-39)16-10-17-36(5)18-15-24-11-13-27(40-6)29(19-24)42-8/h11-14,19-20,23,34H,10,15-18,21-22H2,1-9H3. The molecule has 2 aromatic carbocycles. The first-order chi connectivity index (χ1) is 20.4. The Morgan fingerprint density at radius 3 is 2.02 bits per heavy atom. The largest absolute Gasteiger partial charge is 0.493 e. The second-order valence-electron chi connectivity index (χ2n) is 11.7. The first-order valence-corrected chi connectivity index (χ1v) is 14.6. The zero-order valence-corrected chi connectivity index (χ0v) is 27.2. The van der Waals surface area contributed by atoms with Gasteiger partial charge in [0.25, 0.3) is 0 Å². The van der Waals surface area contributed by atoms with E-state index in [1.54, 1.807) is 28.4 Å². The zero-order chi connectivity index (χ0) is 32.2. The fraction of sp³-hybridized carbons (Fsp3) is 0.576. The summed E-state index contributed by atoms with van der Waals surface area (Å²) in [6.07, 6.45) is 2.58. The number of rotatable bonds is 20. The van der Waals surface area contributed by atoms with E-state index >= 15 is 0 Å². The van der Waals surface area contributed by atoms with E-state index in [1.165, 1.54) is 19.4 Å². The van der Waals surface area contributed by atoms with Crippen LogP contribution >= 0.6 is 0 Å². The van der Waals surface area contributed by atoms with Crippen molar-refractivity contribution in [2.75, 3.05) is 61.7 Å². The maximum absolute atomic E-state index is 12.6. The number of carbonyl (C=O) groups excluding carboxylic acids is 2. The lowest BCUT2D eigenvalue weighted by Gasteiger charge is -2.39. The average molecular weight is 600 g/mol. The highest BCUT2D eigenvalue weighted by Crippen LogP contribution is 2.40. The molecule has 1 N–H and O–H groups in total. The van der Waals surface area contributed by atoms with Crippen LogP contribution in [-0.2, 0) is 21.4 Å². The molecule has 0 aliphatic heterocycles. The average Bonchev–Trinajstić information content (AvgIpc) is 3.01. The summed E-state index contributed by atoms with van der Waals surface area (Å²) in [6.45, 7) is 9.03. The summed E-state index contributed by atoms with van der Waals surface area (Å²) < 4.78 is 21.9. The van der Waals surface area contributed by atoms with Gasteiger partial charge in [0, 0.05) is 18.5 Å². The minimum atomic E-state index is -1.58. The molecular formula is C33H49N3O7. The van der Waals surface area contributed by atoms with Crippen LogP contribution in [0.1, 0.15) is 51.7 Å². The van der Waals surface area contributed by atoms with Gasteiger partial charge in [-0.15, -0.1) is 4.91 Å². The van der Waals surface area contributed by atoms with Gasteiger partial charge in [0.05, 0.1) is 35.0 Å². The van der Waals surface area contributed by atoms with E-state index < -0.39 is 17.1 Å². The molecule has 0 radical (unpaired) electrons. The Balaban J connectivity index is 2.20. The third kappa shape index (κ3) is 9.24. The van der Waals surface area contributed by atoms with Gasteiger partial charge >= 0.3 is 0 Å². The summed E-state index contributed by atoms with van der Waals surface area (Å²) in [5, 5.41) is 6.06. The molecule has 0 amide bonds. The fourth-order valence-corrected chi connectivity index (χ4v) is 5.30. The topological polar surface area (TPSA) is 116 Å². The molecular weight excluding hydrogens is 550 g/mol. The number of nitrogens with one attached hydrogen (secondary N) is 1. The highest BCUT2D eigenvalue weighted by atomic mass is 16.5. The molecule has 2 rings (SSSR count). The molecule has 238 valence electrons. The maximum atomic E-state index is 12.6. The second-order valence-corrected chi connectivity index (χ2v) is 11.7. The third-order valence-electron chi connectivity index (χ3n) is 8.22. The van der Waals surface area contributed by atoms with Crippen molar-refractivity contribution in [3.63, 3.8) is 0 Å². The van der Waals surface area contributed by atoms with Gasteiger partial charge in [0.1, 0.15) is 0 Å². The van der Waals surface area contributed by atoms with Crippen LogP contribution in [0.3, 0.4) is 0 Å². The molecule has 0 aliphatic carbocycles. The number of benzene rings is 2. The minimum Gasteiger partial charge on any atom is -0.493 e. The quantitative estimate of drug-likeness (QED) is 0.169. The monoisotopic (exact) mass is 599 g/mol. The van der Waals surface area contributed by atoms with Crippen LogP contribution in [0.5, 0.6) is 23.0 Å². The predicted molar refractivity (Wildman–Crippen MR) is 169 cm³/mol. The summed E-state index contributed by atoms with van der Waals surface area (Å²) in [5.74, 6) is 1.41. The Kier molecular flexibility index (Phi) is 13.6. The van der Waals surface area contributed by atoms with Crippen LogP contribution in [0.4, 0.5) is 0 Å². The van der Waals surface area contributed by atoms with Crippen molar-refractivity contribution in [1.82, 2.24) is 10.2 Å². The zero-order valence-electron chi connectivity index (χ0n) is 27.2. The molecule has 10 nitrogen and oxygen atoms in total. The van der Waals surface area contributed by atoms with Gasteiger partial charge < -0.3 is 29.2 Å². The van der Waals surface area contributed by atoms with Crippen molar-refractivity contribution in [1.29, 1.82) is 0 Å². The van der Waals surface area contributed by atoms with Crippen LogP contribution in [-0.4, -0.2) is 83.7 Å². The van der Waals surface area contributed by atoms with E-state index in [9.17, 15) is 14.5 Å². The van der Waals surface area contributed by atoms with Crippen molar-refractivity contribution in [3.8, 4) is 23.0 Å². The molecule has 1 unspecified atom stereocenters. The van der Waals surface area contributed by atoms with Gasteiger partial charge in [-0.1, -0.05) is 31.2 Å². The number of carbonyl (C=O) groups is 2. The van der Waals surface area contributed by atoms with Crippen molar-refractivity contribution in [2.24, 2.45) is 11.1 Å². The number of likely N-dealkylation sites (N-methyl/N-ethyl adjacent to an activating group) is 1. The van der Waals surface area contributed by atoms with Crippen molar-refractivity contribution >= 4 is 11.6 Å². The van der Waals surface area contributed by atoms with Gasteiger partial charge in [-0.2, -0.15) is 0 Å². The Morgan fingerprint density at radius 1 is 0.884 bits per heavy atom. The van der Waals surface area contributed by atoms with Gasteiger partial charge in [-0.3, -0.25) is 9.59 Å². The molecule has 0 bridgehead atoms. The van der Waals surface area contributed by atoms with Crippen LogP contribution in [0.25, 0.3) is 0 Å². The van der Waals surface area contributed by atoms with E-state index in [0.717, 1.165) is 43.7 Å². The maximum Gasteiger partial charge on any atom is 0.230 e. The Bertz CT molecular complexity index is 1230. The summed E-state index contributed by atoms with van der Waals surface area (Å²) in [6, 6.07) is 11.9. The molecule has 0 spiro atoms. The number of ketones is 2. The molecule has 0 aromatic heterocycles. The van der Waals surface area contributed by atoms with Gasteiger partial charge in [0.15, 0.2) is 28.5 Å². The van der Waals surface area contributed by atoms with E-state index in [2.05, 4.69) is 42.4 Å². The van der Waals surface area contributed by atoms with Crippen LogP contribution in [0.15, 0.2) is 41.6 Å². The normalized spacial score (nSPS) is 13.0. The van der Waals surface area contributed by atoms with Crippen molar-refractivity contribution in [2.45, 2.75) is 57.9 Å². The number of Topliss-reactive ketones (excluding diaryl/α,β-unsaturated/α-hetero) is 2. The summed E-state index contributed by atoms with van der Waals surface area (Å²) in [5.41, 5.74) is 0.251. The van der Waals surface area contributed by atoms with Crippen LogP contribution in [0, 0.1) is 10.8 Å². The molecule has 0 saturated carbocycles. The lowest BCUT2D eigenvalue weighted by molar-refractivity contribution is -0.138. The number of ether oxygens (including phenoxy) is 4. The molecule has 0 heterocycles. The number of hydrogen-bond acceptors (Lipinski definition) is 10. The Labute approximate surface area is 256 Å². The molecule has 1 atom stereocenters. The van der Waals surface area contributed by atoms with Crippen LogP contribution < -0.4 is 24.3 Å². The lowest BCUT2D eigenvalue weighted by Crippen LogP contribution is -2.47. The summed E-state index contributed by atoms with van der Waals surface area (Å²) in [7, 11) is 8.59. The molecule has 0 saturated heterocycles. The first-order valence-electron chi connectivity index (χ1n) is 14.6. The Hall–Kier alpha value is -3.50. The highest BCUT2D eigenvalue weighted by molar-refractivity contribution is 6.41. The van der Waals surface area contributed by atoms with Gasteiger partial charge in [-0.05, 0) is 88.0 Å². The number of nitroso groups, excluding NO2 is 1. The first kappa shape index (κ1) is 35.7. The van der Waals surface area contributed by atoms with E-state index in [1.807, 2.05) is 30.3 Å². The SMILES string of the molecule is COc1ccc(CCN(C)CCCC(CNCC(=O)C(=O)C(C)(C)N=O)(c2ccc(OC)c(OC)c2)C(C)C)cc1OC. The number of methoxy groups -OCH3 is 4. The fourth-order valence-electron chi connectivity index (χ4n) is 5.30. The van der Waals surface area contributed by atoms with Crippen LogP contribution in [0.2, 0.25) is 0 Å². The minimum absolute atomic E-state index is 0.175. The lowest BCUT2D eigenvalue weighted by atomic mass is 9.68. The van der Waals surface area contributed by atoms with Gasteiger partial charge in [0.2, 0.25) is 11.6 Å². The van der Waals surface area contributed by atoms with Gasteiger partial charge in [-0.25, -0.2) is 0 Å². The molecule has 2 aromatic rings. The molecule has 10 heteroatoms. The summed E-state index contributed by atoms with van der Waals surface area (Å²) >= 11 is 0. The number of nitrogens with zero attached hydrogens (tertiary/aromatic N) is 2. The second kappa shape index (κ2) is 16.4. The smallest absolute Gasteiger partial charge is 0.230 e. The van der Waals surface area contributed by atoms with Crippen molar-refractivity contribution < 1.29 is 28.5 Å². The third-order valence-corrected chi connectivity index (χ3v) is 8.22. The molecule has 43 heavy (non-hydrogen) atoms. The Morgan fingerprint density at radius 2 is 1.47 bits per heavy atom. The molecule has 0 fully saturated rings. The summed E-state index contributed by atoms with van der Waals surface area (Å²) in [4.78, 5) is 38.5. The predicted octanol–water partition coefficient (Wildman–Crippen LogP) is 4.84. The van der Waals surface area contributed by atoms with E-state index in [0.29, 0.717) is 23.8 Å². The highest BCUT2D eigenvalue weighted by Gasteiger charge is 2.38. The van der Waals surface area contributed by atoms with E-state index in [4.69, 9.17) is 18.9 Å². The van der Waals surface area contributed by atoms with Crippen molar-refractivity contribution in [3.05, 3.63) is 52.4 Å². The van der Waals surface area contributed by atoms with E-state index in [-0.39, 0.29) is 17.9 Å². The number of hydrogen-bond donors (Lipinski definition) is 1. The molecule has 0 aliphatic rings.